The van der Waals surface area contributed by atoms with Gasteiger partial charge in [0.1, 0.15) is 0 Å². The summed E-state index contributed by atoms with van der Waals surface area (Å²) >= 11 is 0. The molecular formula is C29H64N16. The van der Waals surface area contributed by atoms with Gasteiger partial charge in [0.2, 0.25) is 0 Å². The number of hydrogen-bond acceptors (Lipinski definition) is 12. The molecule has 16 nitrogen and oxygen atoms in total. The second-order valence-corrected chi connectivity index (χ2v) is 13.8. The molecule has 0 aliphatic heterocycles. The summed E-state index contributed by atoms with van der Waals surface area (Å²) in [4.78, 5) is 3.07. The van der Waals surface area contributed by atoms with E-state index in [9.17, 15) is 0 Å². The molecule has 4 heterocycles. The maximum absolute atomic E-state index is 4.19. The molecule has 4 rings (SSSR count). The van der Waals surface area contributed by atoms with Crippen LogP contribution in [0.4, 0.5) is 0 Å². The molecule has 0 amide bonds. The second kappa shape index (κ2) is 18.3. The van der Waals surface area contributed by atoms with Crippen molar-refractivity contribution in [3.05, 3.63) is 23.3 Å². The van der Waals surface area contributed by atoms with Crippen LogP contribution < -0.4 is 0 Å². The second-order valence-electron chi connectivity index (χ2n) is 13.8. The molecule has 0 saturated carbocycles. The van der Waals surface area contributed by atoms with E-state index >= 15 is 0 Å². The molecule has 0 N–H and O–H groups in total. The van der Waals surface area contributed by atoms with Crippen LogP contribution in [-0.4, -0.2) is 80.8 Å². The minimum atomic E-state index is 0. The first-order valence-corrected chi connectivity index (χ1v) is 14.1. The highest BCUT2D eigenvalue weighted by Gasteiger charge is 2.22. The molecule has 0 aromatic carbocycles. The van der Waals surface area contributed by atoms with Gasteiger partial charge in [-0.1, -0.05) is 105 Å². The number of rotatable bonds is 2. The third-order valence-electron chi connectivity index (χ3n) is 5.38. The molecule has 0 radical (unpaired) electrons. The van der Waals surface area contributed by atoms with Crippen molar-refractivity contribution in [3.8, 4) is 0 Å². The predicted octanol–water partition coefficient (Wildman–Crippen LogP) is 4.90. The number of aromatic nitrogens is 16. The summed E-state index contributed by atoms with van der Waals surface area (Å²) in [6, 6.07) is 0. The van der Waals surface area contributed by atoms with E-state index in [0.717, 1.165) is 36.4 Å². The minimum Gasteiger partial charge on any atom is -0.232 e. The van der Waals surface area contributed by atoms with Gasteiger partial charge in [-0.05, 0) is 45.1 Å². The summed E-state index contributed by atoms with van der Waals surface area (Å²) in [6.07, 6.45) is 0. The maximum Gasteiger partial charge on any atom is 0.180 e. The van der Waals surface area contributed by atoms with Crippen LogP contribution in [0.3, 0.4) is 0 Å². The van der Waals surface area contributed by atoms with E-state index in [1.165, 1.54) is 4.80 Å². The van der Waals surface area contributed by atoms with Crippen LogP contribution in [0.25, 0.3) is 0 Å². The summed E-state index contributed by atoms with van der Waals surface area (Å²) in [5, 5.41) is 46.3. The van der Waals surface area contributed by atoms with E-state index in [-0.39, 0.29) is 43.9 Å². The molecule has 45 heavy (non-hydrogen) atoms. The molecule has 260 valence electrons. The van der Waals surface area contributed by atoms with Gasteiger partial charge in [-0.15, -0.1) is 30.6 Å². The Morgan fingerprint density at radius 2 is 0.933 bits per heavy atom. The van der Waals surface area contributed by atoms with Crippen molar-refractivity contribution in [1.29, 1.82) is 0 Å². The van der Waals surface area contributed by atoms with Gasteiger partial charge in [0.25, 0.3) is 0 Å². The topological polar surface area (TPSA) is 174 Å². The van der Waals surface area contributed by atoms with Crippen molar-refractivity contribution in [2.75, 3.05) is 0 Å². The van der Waals surface area contributed by atoms with Gasteiger partial charge < -0.3 is 0 Å². The lowest BCUT2D eigenvalue weighted by Gasteiger charge is -2.15. The van der Waals surface area contributed by atoms with Crippen molar-refractivity contribution >= 4 is 0 Å². The number of hydrogen-bond donors (Lipinski definition) is 0. The molecule has 4 aromatic rings. The van der Waals surface area contributed by atoms with Crippen molar-refractivity contribution in [2.24, 2.45) is 14.1 Å². The third-order valence-corrected chi connectivity index (χ3v) is 5.38. The van der Waals surface area contributed by atoms with Crippen molar-refractivity contribution < 1.29 is 0 Å². The molecule has 0 unspecified atom stereocenters. The average molecular weight is 637 g/mol. The molecule has 0 spiro atoms. The molecule has 0 fully saturated rings. The molecular weight excluding hydrogens is 572 g/mol. The third kappa shape index (κ3) is 15.2. The lowest BCUT2D eigenvalue weighted by Crippen LogP contribution is -2.19. The first-order chi connectivity index (χ1) is 19.1. The zero-order valence-corrected chi connectivity index (χ0v) is 28.6. The number of tetrazole rings is 4. The van der Waals surface area contributed by atoms with Gasteiger partial charge in [0, 0.05) is 35.3 Å². The van der Waals surface area contributed by atoms with Crippen molar-refractivity contribution in [1.82, 2.24) is 80.8 Å². The largest absolute Gasteiger partial charge is 0.232 e. The van der Waals surface area contributed by atoms with Gasteiger partial charge in [0.15, 0.2) is 23.3 Å². The van der Waals surface area contributed by atoms with E-state index in [1.807, 2.05) is 25.6 Å². The zero-order chi connectivity index (χ0) is 32.5. The molecule has 0 aliphatic rings. The fourth-order valence-electron chi connectivity index (χ4n) is 3.08. The lowest BCUT2D eigenvalue weighted by atomic mass is 9.96. The van der Waals surface area contributed by atoms with E-state index < -0.39 is 0 Å². The van der Waals surface area contributed by atoms with Crippen LogP contribution in [0.1, 0.15) is 143 Å². The van der Waals surface area contributed by atoms with Crippen molar-refractivity contribution in [2.45, 2.75) is 154 Å². The molecule has 0 bridgehead atoms. The van der Waals surface area contributed by atoms with Gasteiger partial charge in [0.05, 0.1) is 13.6 Å². The Labute approximate surface area is 272 Å². The van der Waals surface area contributed by atoms with E-state index in [0.29, 0.717) is 0 Å². The fraction of sp³-hybridized carbons (Fsp3) is 0.862. The van der Waals surface area contributed by atoms with Gasteiger partial charge in [-0.2, -0.15) is 9.59 Å². The standard InChI is InChI=1S/2C7H14N4.2C6H12N4.3CH4/c1-5-11-6(7(2,3)4)8-9-10-11;1-5-11-9-6(8-10-11)7(2,3)4;1-6(2,3)5-7-8-9-10(5)4;1-6(2,3)5-7-9-10(4)8-5;;;/h2*5H2,1-4H3;2*1-4H3;3*1H4. The number of nitrogens with zero attached hydrogens (tertiary/aromatic N) is 16. The monoisotopic (exact) mass is 637 g/mol. The normalized spacial score (nSPS) is 11.2. The molecule has 0 aliphatic carbocycles. The minimum absolute atomic E-state index is 0. The lowest BCUT2D eigenvalue weighted by molar-refractivity contribution is 0.483. The highest BCUT2D eigenvalue weighted by atomic mass is 15.6. The smallest absolute Gasteiger partial charge is 0.180 e. The Morgan fingerprint density at radius 3 is 1.18 bits per heavy atom. The van der Waals surface area contributed by atoms with Crippen LogP contribution in [0.15, 0.2) is 0 Å². The highest BCUT2D eigenvalue weighted by molar-refractivity contribution is 4.99. The van der Waals surface area contributed by atoms with Crippen molar-refractivity contribution in [3.63, 3.8) is 0 Å². The predicted molar refractivity (Wildman–Crippen MR) is 180 cm³/mol. The van der Waals surface area contributed by atoms with Gasteiger partial charge in [-0.25, -0.2) is 9.36 Å². The van der Waals surface area contributed by atoms with Gasteiger partial charge in [-0.3, -0.25) is 0 Å². The fourth-order valence-corrected chi connectivity index (χ4v) is 3.08. The summed E-state index contributed by atoms with van der Waals surface area (Å²) in [5.41, 5.74) is 0.0967. The SMILES string of the molecule is C.C.C.CCn1nnc(C(C)(C)C)n1.CCn1nnnc1C(C)(C)C.Cn1nnc(C(C)(C)C)n1.Cn1nnnc1C(C)(C)C. The molecule has 0 atom stereocenters. The summed E-state index contributed by atoms with van der Waals surface area (Å²) in [6.45, 7) is 30.6. The van der Waals surface area contributed by atoms with Crippen LogP contribution in [-0.2, 0) is 48.8 Å². The Morgan fingerprint density at radius 1 is 0.489 bits per heavy atom. The van der Waals surface area contributed by atoms with Gasteiger partial charge >= 0.3 is 0 Å². The van der Waals surface area contributed by atoms with E-state index in [2.05, 4.69) is 145 Å². The maximum atomic E-state index is 4.19. The summed E-state index contributed by atoms with van der Waals surface area (Å²) in [5.74, 6) is 3.45. The molecule has 4 aromatic heterocycles. The number of aryl methyl sites for hydroxylation is 4. The Balaban J connectivity index is -0.000000512. The van der Waals surface area contributed by atoms with E-state index in [1.54, 1.807) is 16.5 Å². The first-order valence-electron chi connectivity index (χ1n) is 14.1. The highest BCUT2D eigenvalue weighted by Crippen LogP contribution is 2.19. The molecule has 0 saturated heterocycles. The van der Waals surface area contributed by atoms with E-state index in [4.69, 9.17) is 0 Å². The first kappa shape index (κ1) is 45.7. The average Bonchev–Trinajstić information content (AvgIpc) is 3.64. The molecule has 16 heteroatoms. The Bertz CT molecular complexity index is 1320. The Hall–Kier alpha value is -3.72. The van der Waals surface area contributed by atoms with Crippen LogP contribution in [0.2, 0.25) is 0 Å². The zero-order valence-electron chi connectivity index (χ0n) is 28.6. The van der Waals surface area contributed by atoms with Crippen LogP contribution in [0, 0.1) is 0 Å². The Kier molecular flexibility index (Phi) is 18.6. The summed E-state index contributed by atoms with van der Waals surface area (Å²) < 4.78 is 3.51. The van der Waals surface area contributed by atoms with Crippen LogP contribution in [0.5, 0.6) is 0 Å². The van der Waals surface area contributed by atoms with Crippen LogP contribution >= 0.6 is 0 Å². The summed E-state index contributed by atoms with van der Waals surface area (Å²) in [7, 11) is 3.61. The quantitative estimate of drug-likeness (QED) is 0.291.